The Bertz CT molecular complexity index is 629. The number of nitrogens with zero attached hydrogens (tertiary/aromatic N) is 4. The normalized spacial score (nSPS) is 16.3. The Morgan fingerprint density at radius 2 is 1.95 bits per heavy atom. The van der Waals surface area contributed by atoms with Crippen LogP contribution in [-0.4, -0.2) is 21.0 Å². The third kappa shape index (κ3) is 3.16. The molecule has 2 aromatic rings. The molecule has 1 fully saturated rings. The molecule has 106 valence electrons. The van der Waals surface area contributed by atoms with Gasteiger partial charge in [-0.25, -0.2) is 9.97 Å². The molecule has 21 heavy (non-hydrogen) atoms. The Labute approximate surface area is 124 Å². The maximum Gasteiger partial charge on any atom is 0.223 e. The van der Waals surface area contributed by atoms with Crippen molar-refractivity contribution in [3.05, 3.63) is 48.0 Å². The number of rotatable bonds is 4. The minimum atomic E-state index is -0.460. The van der Waals surface area contributed by atoms with Crippen molar-refractivity contribution >= 4 is 5.95 Å². The molecule has 1 N–H and O–H groups in total. The van der Waals surface area contributed by atoms with Crippen LogP contribution in [0.5, 0.6) is 0 Å². The van der Waals surface area contributed by atoms with Crippen molar-refractivity contribution in [2.45, 2.75) is 37.6 Å². The Kier molecular flexibility index (Phi) is 4.06. The molecule has 1 aliphatic carbocycles. The van der Waals surface area contributed by atoms with E-state index in [0.29, 0.717) is 23.4 Å². The van der Waals surface area contributed by atoms with Gasteiger partial charge < -0.3 is 5.32 Å². The number of hydrogen-bond donors (Lipinski definition) is 1. The quantitative estimate of drug-likeness (QED) is 0.931. The van der Waals surface area contributed by atoms with Gasteiger partial charge in [0.05, 0.1) is 17.5 Å². The molecule has 0 saturated heterocycles. The average Bonchev–Trinajstić information content (AvgIpc) is 3.02. The lowest BCUT2D eigenvalue weighted by Gasteiger charge is -2.13. The number of nitriles is 1. The molecule has 0 aromatic carbocycles. The highest BCUT2D eigenvalue weighted by Gasteiger charge is 2.19. The van der Waals surface area contributed by atoms with E-state index in [-0.39, 0.29) is 0 Å². The van der Waals surface area contributed by atoms with Gasteiger partial charge in [-0.15, -0.1) is 0 Å². The van der Waals surface area contributed by atoms with Crippen molar-refractivity contribution in [1.29, 1.82) is 5.26 Å². The molecule has 3 rings (SSSR count). The van der Waals surface area contributed by atoms with Gasteiger partial charge in [-0.2, -0.15) is 5.26 Å². The molecule has 1 saturated carbocycles. The number of pyridine rings is 1. The van der Waals surface area contributed by atoms with Crippen molar-refractivity contribution in [1.82, 2.24) is 15.0 Å². The molecular formula is C16H17N5. The van der Waals surface area contributed by atoms with Gasteiger partial charge in [0.2, 0.25) is 5.95 Å². The lowest BCUT2D eigenvalue weighted by atomic mass is 10.0. The van der Waals surface area contributed by atoms with Crippen molar-refractivity contribution in [2.75, 3.05) is 5.32 Å². The van der Waals surface area contributed by atoms with E-state index in [0.717, 1.165) is 12.8 Å². The summed E-state index contributed by atoms with van der Waals surface area (Å²) < 4.78 is 0. The van der Waals surface area contributed by atoms with Crippen molar-refractivity contribution in [3.63, 3.8) is 0 Å². The molecule has 0 bridgehead atoms. The molecule has 0 amide bonds. The number of hydrogen-bond acceptors (Lipinski definition) is 5. The Morgan fingerprint density at radius 1 is 1.10 bits per heavy atom. The molecular weight excluding hydrogens is 262 g/mol. The summed E-state index contributed by atoms with van der Waals surface area (Å²) in [4.78, 5) is 13.0. The monoisotopic (exact) mass is 279 g/mol. The van der Waals surface area contributed by atoms with Crippen molar-refractivity contribution < 1.29 is 0 Å². The summed E-state index contributed by atoms with van der Waals surface area (Å²) in [5, 5.41) is 12.8. The first-order valence-corrected chi connectivity index (χ1v) is 7.27. The highest BCUT2D eigenvalue weighted by molar-refractivity contribution is 5.34. The first-order valence-electron chi connectivity index (χ1n) is 7.27. The zero-order valence-electron chi connectivity index (χ0n) is 11.7. The molecule has 5 heteroatoms. The molecule has 2 heterocycles. The summed E-state index contributed by atoms with van der Waals surface area (Å²) in [5.74, 6) is 0.147. The zero-order valence-corrected chi connectivity index (χ0v) is 11.7. The molecule has 2 aromatic heterocycles. The molecule has 0 aliphatic heterocycles. The van der Waals surface area contributed by atoms with Crippen LogP contribution >= 0.6 is 0 Å². The van der Waals surface area contributed by atoms with Gasteiger partial charge in [0.25, 0.3) is 0 Å². The largest absolute Gasteiger partial charge is 0.351 e. The molecule has 1 unspecified atom stereocenters. The van der Waals surface area contributed by atoms with Gasteiger partial charge in [0.15, 0.2) is 0 Å². The number of aromatic nitrogens is 3. The minimum absolute atomic E-state index is 0.454. The summed E-state index contributed by atoms with van der Waals surface area (Å²) in [6.45, 7) is 0. The van der Waals surface area contributed by atoms with Crippen LogP contribution in [0, 0.1) is 11.3 Å². The lowest BCUT2D eigenvalue weighted by Crippen LogP contribution is -2.17. The summed E-state index contributed by atoms with van der Waals surface area (Å²) in [6.07, 6.45) is 8.23. The van der Waals surface area contributed by atoms with Crippen LogP contribution in [0.2, 0.25) is 0 Å². The standard InChI is InChI=1S/C16H17N5/c17-11-13(14-7-3-4-9-18-14)15-8-10-19-16(21-15)20-12-5-1-2-6-12/h3-4,7-10,12-13H,1-2,5-6H2,(H,19,20,21). The van der Waals surface area contributed by atoms with E-state index >= 15 is 0 Å². The zero-order chi connectivity index (χ0) is 14.5. The third-order valence-corrected chi connectivity index (χ3v) is 3.77. The van der Waals surface area contributed by atoms with Gasteiger partial charge in [-0.05, 0) is 31.0 Å². The van der Waals surface area contributed by atoms with E-state index in [1.807, 2.05) is 18.2 Å². The molecule has 1 atom stereocenters. The van der Waals surface area contributed by atoms with Gasteiger partial charge in [-0.1, -0.05) is 18.9 Å². The molecule has 1 aliphatic rings. The summed E-state index contributed by atoms with van der Waals surface area (Å²) in [6, 6.07) is 10.1. The number of anilines is 1. The fourth-order valence-corrected chi connectivity index (χ4v) is 2.69. The van der Waals surface area contributed by atoms with Gasteiger partial charge >= 0.3 is 0 Å². The molecule has 5 nitrogen and oxygen atoms in total. The first kappa shape index (κ1) is 13.5. The summed E-state index contributed by atoms with van der Waals surface area (Å²) in [5.41, 5.74) is 1.40. The van der Waals surface area contributed by atoms with Gasteiger partial charge in [-0.3, -0.25) is 4.98 Å². The van der Waals surface area contributed by atoms with Crippen LogP contribution in [0.4, 0.5) is 5.95 Å². The fraction of sp³-hybridized carbons (Fsp3) is 0.375. The predicted molar refractivity (Wildman–Crippen MR) is 79.6 cm³/mol. The van der Waals surface area contributed by atoms with Crippen LogP contribution in [-0.2, 0) is 0 Å². The van der Waals surface area contributed by atoms with E-state index in [1.165, 1.54) is 12.8 Å². The van der Waals surface area contributed by atoms with E-state index in [9.17, 15) is 5.26 Å². The molecule has 0 radical (unpaired) electrons. The minimum Gasteiger partial charge on any atom is -0.351 e. The topological polar surface area (TPSA) is 74.5 Å². The van der Waals surface area contributed by atoms with Crippen molar-refractivity contribution in [3.8, 4) is 6.07 Å². The second kappa shape index (κ2) is 6.31. The van der Waals surface area contributed by atoms with Crippen molar-refractivity contribution in [2.24, 2.45) is 0 Å². The Hall–Kier alpha value is -2.48. The third-order valence-electron chi connectivity index (χ3n) is 3.77. The maximum absolute atomic E-state index is 9.44. The van der Waals surface area contributed by atoms with E-state index < -0.39 is 5.92 Å². The highest BCUT2D eigenvalue weighted by Crippen LogP contribution is 2.23. The van der Waals surface area contributed by atoms with E-state index in [2.05, 4.69) is 26.3 Å². The second-order valence-corrected chi connectivity index (χ2v) is 5.25. The van der Waals surface area contributed by atoms with Crippen LogP contribution in [0.3, 0.4) is 0 Å². The van der Waals surface area contributed by atoms with Crippen LogP contribution in [0.25, 0.3) is 0 Å². The number of nitrogens with one attached hydrogen (secondary N) is 1. The van der Waals surface area contributed by atoms with Crippen LogP contribution in [0.1, 0.15) is 43.0 Å². The Morgan fingerprint density at radius 3 is 2.67 bits per heavy atom. The SMILES string of the molecule is N#CC(c1ccccn1)c1ccnc(NC2CCCC2)n1. The lowest BCUT2D eigenvalue weighted by molar-refractivity contribution is 0.740. The van der Waals surface area contributed by atoms with Gasteiger partial charge in [0, 0.05) is 18.4 Å². The first-order chi connectivity index (χ1) is 10.4. The smallest absolute Gasteiger partial charge is 0.223 e. The fourth-order valence-electron chi connectivity index (χ4n) is 2.69. The molecule has 0 spiro atoms. The highest BCUT2D eigenvalue weighted by atomic mass is 15.1. The second-order valence-electron chi connectivity index (χ2n) is 5.25. The predicted octanol–water partition coefficient (Wildman–Crippen LogP) is 2.88. The van der Waals surface area contributed by atoms with E-state index in [1.54, 1.807) is 18.5 Å². The summed E-state index contributed by atoms with van der Waals surface area (Å²) in [7, 11) is 0. The van der Waals surface area contributed by atoms with E-state index in [4.69, 9.17) is 0 Å². The Balaban J connectivity index is 1.82. The maximum atomic E-state index is 9.44. The van der Waals surface area contributed by atoms with Crippen LogP contribution in [0.15, 0.2) is 36.7 Å². The van der Waals surface area contributed by atoms with Crippen LogP contribution < -0.4 is 5.32 Å². The average molecular weight is 279 g/mol. The summed E-state index contributed by atoms with van der Waals surface area (Å²) >= 11 is 0. The van der Waals surface area contributed by atoms with Gasteiger partial charge in [0.1, 0.15) is 5.92 Å².